The first-order valence-electron chi connectivity index (χ1n) is 7.88. The van der Waals surface area contributed by atoms with Crippen LogP contribution in [-0.4, -0.2) is 10.7 Å². The number of rotatable bonds is 3. The topological polar surface area (TPSA) is 44.0 Å². The van der Waals surface area contributed by atoms with Gasteiger partial charge in [0.25, 0.3) is 0 Å². The van der Waals surface area contributed by atoms with E-state index in [0.29, 0.717) is 18.4 Å². The summed E-state index contributed by atoms with van der Waals surface area (Å²) in [7, 11) is 0. The van der Waals surface area contributed by atoms with Crippen LogP contribution in [0, 0.1) is 22.6 Å². The van der Waals surface area contributed by atoms with Crippen LogP contribution < -0.4 is 0 Å². The van der Waals surface area contributed by atoms with Gasteiger partial charge in [-0.25, -0.2) is 4.39 Å². The van der Waals surface area contributed by atoms with Crippen LogP contribution in [0.25, 0.3) is 0 Å². The zero-order valence-electron chi connectivity index (χ0n) is 12.7. The number of hydrogen-bond donors (Lipinski definition) is 1. The lowest BCUT2D eigenvalue weighted by atomic mass is 9.64. The molecule has 2 rings (SSSR count). The molecule has 114 valence electrons. The predicted molar refractivity (Wildman–Crippen MR) is 81.1 cm³/mol. The Hall–Kier alpha value is -1.40. The molecule has 1 N–H and O–H groups in total. The normalized spacial score (nSPS) is 21.6. The van der Waals surface area contributed by atoms with Crippen molar-refractivity contribution in [2.75, 3.05) is 0 Å². The van der Waals surface area contributed by atoms with Gasteiger partial charge < -0.3 is 5.11 Å². The molecular formula is C18H24FNO. The summed E-state index contributed by atoms with van der Waals surface area (Å²) in [6.45, 7) is 1.70. The van der Waals surface area contributed by atoms with Gasteiger partial charge in [0.1, 0.15) is 5.82 Å². The second-order valence-electron chi connectivity index (χ2n) is 6.50. The molecule has 1 fully saturated rings. The van der Waals surface area contributed by atoms with Crippen molar-refractivity contribution in [3.05, 3.63) is 35.6 Å². The van der Waals surface area contributed by atoms with Crippen molar-refractivity contribution in [2.24, 2.45) is 5.41 Å². The molecule has 0 amide bonds. The fourth-order valence-corrected chi connectivity index (χ4v) is 3.46. The predicted octanol–water partition coefficient (Wildman–Crippen LogP) is 4.37. The molecular weight excluding hydrogens is 265 g/mol. The van der Waals surface area contributed by atoms with Gasteiger partial charge in [-0.05, 0) is 31.4 Å². The van der Waals surface area contributed by atoms with Crippen LogP contribution in [0.15, 0.2) is 24.3 Å². The van der Waals surface area contributed by atoms with Crippen LogP contribution in [0.3, 0.4) is 0 Å². The molecule has 0 aromatic heterocycles. The number of hydrogen-bond acceptors (Lipinski definition) is 2. The number of aliphatic hydroxyl groups is 1. The third-order valence-corrected chi connectivity index (χ3v) is 4.94. The van der Waals surface area contributed by atoms with Crippen molar-refractivity contribution >= 4 is 0 Å². The number of nitriles is 1. The number of benzene rings is 1. The van der Waals surface area contributed by atoms with Crippen molar-refractivity contribution < 1.29 is 9.50 Å². The Morgan fingerprint density at radius 2 is 1.76 bits per heavy atom. The van der Waals surface area contributed by atoms with Crippen LogP contribution in [0.5, 0.6) is 0 Å². The Balaban J connectivity index is 2.26. The monoisotopic (exact) mass is 289 g/mol. The Labute approximate surface area is 126 Å². The number of halogens is 1. The van der Waals surface area contributed by atoms with Crippen molar-refractivity contribution in [2.45, 2.75) is 63.9 Å². The Bertz CT molecular complexity index is 510. The van der Waals surface area contributed by atoms with Gasteiger partial charge in [-0.3, -0.25) is 0 Å². The fraction of sp³-hybridized carbons (Fsp3) is 0.611. The summed E-state index contributed by atoms with van der Waals surface area (Å²) in [5.41, 5.74) is -1.49. The second kappa shape index (κ2) is 6.58. The number of nitrogens with zero attached hydrogens (tertiary/aromatic N) is 1. The van der Waals surface area contributed by atoms with E-state index in [1.165, 1.54) is 12.5 Å². The van der Waals surface area contributed by atoms with Crippen LogP contribution in [0.2, 0.25) is 0 Å². The summed E-state index contributed by atoms with van der Waals surface area (Å²) in [6.07, 6.45) is 6.93. The highest BCUT2D eigenvalue weighted by molar-refractivity contribution is 5.22. The molecule has 1 aromatic rings. The average Bonchev–Trinajstić information content (AvgIpc) is 2.41. The molecule has 1 aliphatic rings. The van der Waals surface area contributed by atoms with Crippen molar-refractivity contribution in [1.29, 1.82) is 5.26 Å². The minimum Gasteiger partial charge on any atom is -0.388 e. The maximum Gasteiger partial charge on any atom is 0.126 e. The molecule has 2 nitrogen and oxygen atoms in total. The summed E-state index contributed by atoms with van der Waals surface area (Å²) in [5.74, 6) is -0.309. The lowest BCUT2D eigenvalue weighted by molar-refractivity contribution is -0.0523. The van der Waals surface area contributed by atoms with Crippen molar-refractivity contribution in [3.63, 3.8) is 0 Å². The molecule has 1 atom stereocenters. The molecule has 1 aliphatic carbocycles. The van der Waals surface area contributed by atoms with Crippen molar-refractivity contribution in [1.82, 2.24) is 0 Å². The molecule has 0 heterocycles. The second-order valence-corrected chi connectivity index (χ2v) is 6.50. The van der Waals surface area contributed by atoms with E-state index < -0.39 is 11.0 Å². The highest BCUT2D eigenvalue weighted by atomic mass is 19.1. The van der Waals surface area contributed by atoms with E-state index in [-0.39, 0.29) is 12.2 Å². The van der Waals surface area contributed by atoms with Gasteiger partial charge in [-0.2, -0.15) is 5.26 Å². The molecule has 0 aliphatic heterocycles. The van der Waals surface area contributed by atoms with Crippen molar-refractivity contribution in [3.8, 4) is 6.07 Å². The zero-order chi connectivity index (χ0) is 15.3. The average molecular weight is 289 g/mol. The SMILES string of the molecule is CC(O)(Cc1ccccc1F)C1(C#N)CCCCCCC1. The molecule has 0 spiro atoms. The summed E-state index contributed by atoms with van der Waals surface area (Å²) in [6, 6.07) is 8.90. The maximum atomic E-state index is 13.9. The lowest BCUT2D eigenvalue weighted by Crippen LogP contribution is -2.47. The van der Waals surface area contributed by atoms with E-state index in [9.17, 15) is 14.8 Å². The summed E-state index contributed by atoms with van der Waals surface area (Å²) >= 11 is 0. The molecule has 21 heavy (non-hydrogen) atoms. The molecule has 1 aromatic carbocycles. The fourth-order valence-electron chi connectivity index (χ4n) is 3.46. The minimum absolute atomic E-state index is 0.188. The van der Waals surface area contributed by atoms with Gasteiger partial charge in [0.05, 0.1) is 17.1 Å². The Morgan fingerprint density at radius 1 is 1.19 bits per heavy atom. The van der Waals surface area contributed by atoms with Crippen LogP contribution in [0.4, 0.5) is 4.39 Å². The van der Waals surface area contributed by atoms with Gasteiger partial charge in [0.2, 0.25) is 0 Å². The van der Waals surface area contributed by atoms with Crippen LogP contribution in [-0.2, 0) is 6.42 Å². The maximum absolute atomic E-state index is 13.9. The molecule has 0 saturated heterocycles. The first-order chi connectivity index (χ1) is 10.0. The van der Waals surface area contributed by atoms with Gasteiger partial charge in [-0.1, -0.05) is 50.3 Å². The van der Waals surface area contributed by atoms with Gasteiger partial charge in [-0.15, -0.1) is 0 Å². The van der Waals surface area contributed by atoms with E-state index >= 15 is 0 Å². The highest BCUT2D eigenvalue weighted by Crippen LogP contribution is 2.44. The van der Waals surface area contributed by atoms with E-state index in [1.807, 2.05) is 0 Å². The van der Waals surface area contributed by atoms with E-state index in [0.717, 1.165) is 25.7 Å². The van der Waals surface area contributed by atoms with Crippen LogP contribution >= 0.6 is 0 Å². The Kier molecular flexibility index (Phi) is 5.00. The summed E-state index contributed by atoms with van der Waals surface area (Å²) < 4.78 is 13.9. The van der Waals surface area contributed by atoms with Gasteiger partial charge in [0, 0.05) is 6.42 Å². The third-order valence-electron chi connectivity index (χ3n) is 4.94. The molecule has 3 heteroatoms. The minimum atomic E-state index is -1.21. The van der Waals surface area contributed by atoms with Gasteiger partial charge in [0.15, 0.2) is 0 Å². The summed E-state index contributed by atoms with van der Waals surface area (Å²) in [5, 5.41) is 20.7. The van der Waals surface area contributed by atoms with Gasteiger partial charge >= 0.3 is 0 Å². The lowest BCUT2D eigenvalue weighted by Gasteiger charge is -2.41. The largest absolute Gasteiger partial charge is 0.388 e. The van der Waals surface area contributed by atoms with E-state index in [4.69, 9.17) is 0 Å². The molecule has 1 unspecified atom stereocenters. The first kappa shape index (κ1) is 16.0. The van der Waals surface area contributed by atoms with Crippen LogP contribution in [0.1, 0.15) is 57.4 Å². The zero-order valence-corrected chi connectivity index (χ0v) is 12.7. The van der Waals surface area contributed by atoms with E-state index in [1.54, 1.807) is 25.1 Å². The summed E-state index contributed by atoms with van der Waals surface area (Å²) in [4.78, 5) is 0. The first-order valence-corrected chi connectivity index (χ1v) is 7.88. The molecule has 1 saturated carbocycles. The Morgan fingerprint density at radius 3 is 2.33 bits per heavy atom. The molecule has 0 bridgehead atoms. The highest BCUT2D eigenvalue weighted by Gasteiger charge is 2.47. The smallest absolute Gasteiger partial charge is 0.126 e. The quantitative estimate of drug-likeness (QED) is 0.897. The third kappa shape index (κ3) is 3.44. The molecule has 0 radical (unpaired) electrons. The van der Waals surface area contributed by atoms with E-state index in [2.05, 4.69) is 6.07 Å². The standard InChI is InChI=1S/C18H24FNO/c1-17(21,13-15-9-5-6-10-16(15)19)18(14-20)11-7-3-2-4-8-12-18/h5-6,9-10,21H,2-4,7-8,11-13H2,1H3.